The number of nitrogens with two attached hydrogens (primary N) is 1. The summed E-state index contributed by atoms with van der Waals surface area (Å²) in [6, 6.07) is 11.1. The van der Waals surface area contributed by atoms with Gasteiger partial charge in [-0.15, -0.1) is 11.3 Å². The number of rotatable bonds is 3. The van der Waals surface area contributed by atoms with Crippen LogP contribution in [0.3, 0.4) is 0 Å². The first-order chi connectivity index (χ1) is 9.95. The van der Waals surface area contributed by atoms with E-state index in [1.807, 2.05) is 37.4 Å². The highest BCUT2D eigenvalue weighted by Crippen LogP contribution is 2.34. The molecular formula is C14H13N3O2S2. The molecule has 0 bridgehead atoms. The van der Waals surface area contributed by atoms with Crippen LogP contribution in [0.5, 0.6) is 0 Å². The van der Waals surface area contributed by atoms with Crippen molar-refractivity contribution in [3.05, 3.63) is 54.4 Å². The van der Waals surface area contributed by atoms with Gasteiger partial charge in [0, 0.05) is 22.8 Å². The van der Waals surface area contributed by atoms with Gasteiger partial charge in [0.15, 0.2) is 0 Å². The summed E-state index contributed by atoms with van der Waals surface area (Å²) in [5.41, 5.74) is 2.93. The zero-order valence-corrected chi connectivity index (χ0v) is 12.9. The minimum Gasteiger partial charge on any atom is -0.240 e. The minimum atomic E-state index is -3.67. The summed E-state index contributed by atoms with van der Waals surface area (Å²) in [5, 5.41) is 9.42. The largest absolute Gasteiger partial charge is 0.247 e. The number of hydrogen-bond donors (Lipinski definition) is 1. The van der Waals surface area contributed by atoms with E-state index >= 15 is 0 Å². The van der Waals surface area contributed by atoms with E-state index in [0.717, 1.165) is 33.0 Å². The highest BCUT2D eigenvalue weighted by atomic mass is 32.2. The van der Waals surface area contributed by atoms with Crippen LogP contribution in [-0.4, -0.2) is 18.2 Å². The predicted octanol–water partition coefficient (Wildman–Crippen LogP) is 2.56. The lowest BCUT2D eigenvalue weighted by atomic mass is 10.1. The van der Waals surface area contributed by atoms with Crippen molar-refractivity contribution in [1.29, 1.82) is 0 Å². The summed E-state index contributed by atoms with van der Waals surface area (Å²) < 4.78 is 24.8. The van der Waals surface area contributed by atoms with Crippen LogP contribution in [-0.2, 0) is 10.0 Å². The summed E-state index contributed by atoms with van der Waals surface area (Å²) in [7, 11) is -3.67. The van der Waals surface area contributed by atoms with Gasteiger partial charge >= 0.3 is 0 Å². The third-order valence-corrected chi connectivity index (χ3v) is 5.59. The van der Waals surface area contributed by atoms with Gasteiger partial charge in [-0.05, 0) is 36.8 Å². The van der Waals surface area contributed by atoms with Gasteiger partial charge in [-0.3, -0.25) is 0 Å². The topological polar surface area (TPSA) is 78.0 Å². The monoisotopic (exact) mass is 319 g/mol. The Morgan fingerprint density at radius 1 is 1.24 bits per heavy atom. The van der Waals surface area contributed by atoms with Crippen molar-refractivity contribution in [2.75, 3.05) is 0 Å². The average Bonchev–Trinajstić information content (AvgIpc) is 3.09. The number of benzene rings is 1. The van der Waals surface area contributed by atoms with Crippen LogP contribution in [0.1, 0.15) is 5.56 Å². The molecule has 0 fully saturated rings. The van der Waals surface area contributed by atoms with E-state index in [0.29, 0.717) is 0 Å². The fraction of sp³-hybridized carbons (Fsp3) is 0.0714. The van der Waals surface area contributed by atoms with Gasteiger partial charge in [-0.2, -0.15) is 5.10 Å². The third kappa shape index (κ3) is 2.76. The van der Waals surface area contributed by atoms with E-state index in [4.69, 9.17) is 5.14 Å². The minimum absolute atomic E-state index is 0.157. The number of aryl methyl sites for hydroxylation is 1. The molecule has 7 heteroatoms. The first kappa shape index (κ1) is 14.0. The summed E-state index contributed by atoms with van der Waals surface area (Å²) >= 11 is 1.16. The zero-order valence-electron chi connectivity index (χ0n) is 11.2. The van der Waals surface area contributed by atoms with Crippen LogP contribution < -0.4 is 5.14 Å². The number of thiophene rings is 1. The molecule has 0 aliphatic heterocycles. The van der Waals surface area contributed by atoms with E-state index in [1.165, 1.54) is 6.07 Å². The van der Waals surface area contributed by atoms with E-state index in [2.05, 4.69) is 5.10 Å². The molecule has 2 heterocycles. The maximum atomic E-state index is 11.4. The van der Waals surface area contributed by atoms with Crippen LogP contribution in [0.2, 0.25) is 0 Å². The van der Waals surface area contributed by atoms with E-state index in [-0.39, 0.29) is 4.21 Å². The molecule has 21 heavy (non-hydrogen) atoms. The molecule has 1 aromatic carbocycles. The van der Waals surface area contributed by atoms with E-state index in [9.17, 15) is 8.42 Å². The summed E-state index contributed by atoms with van der Waals surface area (Å²) in [5.74, 6) is 0. The molecule has 0 saturated carbocycles. The van der Waals surface area contributed by atoms with Gasteiger partial charge < -0.3 is 0 Å². The summed E-state index contributed by atoms with van der Waals surface area (Å²) in [4.78, 5) is 0.838. The Balaban J connectivity index is 2.17. The molecule has 3 aromatic rings. The van der Waals surface area contributed by atoms with Crippen LogP contribution in [0.15, 0.2) is 53.0 Å². The van der Waals surface area contributed by atoms with Crippen LogP contribution in [0.25, 0.3) is 16.1 Å². The predicted molar refractivity (Wildman–Crippen MR) is 83.0 cm³/mol. The molecule has 0 aliphatic rings. The van der Waals surface area contributed by atoms with Gasteiger partial charge in [-0.1, -0.05) is 12.1 Å². The molecular weight excluding hydrogens is 306 g/mol. The SMILES string of the molecule is Cc1ccc(-c2ccc(S(N)(=O)=O)s2)c(-n2cccn2)c1. The summed E-state index contributed by atoms with van der Waals surface area (Å²) in [6.45, 7) is 2.00. The van der Waals surface area contributed by atoms with Gasteiger partial charge in [0.2, 0.25) is 10.0 Å². The Hall–Kier alpha value is -1.96. The molecule has 5 nitrogen and oxygen atoms in total. The highest BCUT2D eigenvalue weighted by Gasteiger charge is 2.15. The van der Waals surface area contributed by atoms with Crippen molar-refractivity contribution in [3.8, 4) is 16.1 Å². The van der Waals surface area contributed by atoms with Crippen molar-refractivity contribution in [1.82, 2.24) is 9.78 Å². The van der Waals surface area contributed by atoms with Crippen LogP contribution in [0.4, 0.5) is 0 Å². The van der Waals surface area contributed by atoms with Gasteiger partial charge in [0.1, 0.15) is 4.21 Å². The first-order valence-corrected chi connectivity index (χ1v) is 8.55. The number of aromatic nitrogens is 2. The molecule has 0 aliphatic carbocycles. The molecule has 0 spiro atoms. The maximum Gasteiger partial charge on any atom is 0.247 e. The molecule has 0 amide bonds. The Morgan fingerprint density at radius 2 is 2.05 bits per heavy atom. The van der Waals surface area contributed by atoms with Gasteiger partial charge in [0.25, 0.3) is 0 Å². The molecule has 2 aromatic heterocycles. The van der Waals surface area contributed by atoms with Crippen molar-refractivity contribution >= 4 is 21.4 Å². The van der Waals surface area contributed by atoms with E-state index in [1.54, 1.807) is 16.9 Å². The van der Waals surface area contributed by atoms with Crippen molar-refractivity contribution in [3.63, 3.8) is 0 Å². The smallest absolute Gasteiger partial charge is 0.240 e. The van der Waals surface area contributed by atoms with Gasteiger partial charge in [-0.25, -0.2) is 18.2 Å². The van der Waals surface area contributed by atoms with Crippen LogP contribution >= 0.6 is 11.3 Å². The number of primary sulfonamides is 1. The zero-order chi connectivity index (χ0) is 15.0. The number of nitrogens with zero attached hydrogens (tertiary/aromatic N) is 2. The molecule has 2 N–H and O–H groups in total. The van der Waals surface area contributed by atoms with Crippen molar-refractivity contribution in [2.24, 2.45) is 5.14 Å². The molecule has 0 unspecified atom stereocenters. The number of sulfonamides is 1. The fourth-order valence-electron chi connectivity index (χ4n) is 2.07. The molecule has 0 saturated heterocycles. The van der Waals surface area contributed by atoms with Crippen LogP contribution in [0, 0.1) is 6.92 Å². The maximum absolute atomic E-state index is 11.4. The summed E-state index contributed by atoms with van der Waals surface area (Å²) in [6.07, 6.45) is 3.56. The Bertz CT molecular complexity index is 881. The van der Waals surface area contributed by atoms with E-state index < -0.39 is 10.0 Å². The molecule has 3 rings (SSSR count). The first-order valence-electron chi connectivity index (χ1n) is 6.19. The second kappa shape index (κ2) is 5.10. The van der Waals surface area contributed by atoms with Gasteiger partial charge in [0.05, 0.1) is 5.69 Å². The number of hydrogen-bond acceptors (Lipinski definition) is 4. The fourth-order valence-corrected chi connectivity index (χ4v) is 3.83. The Kier molecular flexibility index (Phi) is 3.40. The molecule has 108 valence electrons. The van der Waals surface area contributed by atoms with Crippen molar-refractivity contribution in [2.45, 2.75) is 11.1 Å². The lowest BCUT2D eigenvalue weighted by Crippen LogP contribution is -2.09. The third-order valence-electron chi connectivity index (χ3n) is 3.03. The second-order valence-electron chi connectivity index (χ2n) is 4.63. The average molecular weight is 319 g/mol. The normalized spacial score (nSPS) is 11.7. The second-order valence-corrected chi connectivity index (χ2v) is 7.51. The Morgan fingerprint density at radius 3 is 2.67 bits per heavy atom. The highest BCUT2D eigenvalue weighted by molar-refractivity contribution is 7.91. The van der Waals surface area contributed by atoms with Crippen molar-refractivity contribution < 1.29 is 8.42 Å². The molecule has 0 radical (unpaired) electrons. The Labute approximate surface area is 126 Å². The standard InChI is InChI=1S/C14H13N3O2S2/c1-10-3-4-11(12(9-10)17-8-2-7-16-17)13-5-6-14(20-13)21(15,18)19/h2-9H,1H3,(H2,15,18,19). The quantitative estimate of drug-likeness (QED) is 0.806. The molecule has 0 atom stereocenters. The lowest BCUT2D eigenvalue weighted by Gasteiger charge is -2.09. The lowest BCUT2D eigenvalue weighted by molar-refractivity contribution is 0.600.